The highest BCUT2D eigenvalue weighted by Crippen LogP contribution is 2.32. The molecule has 8 nitrogen and oxygen atoms in total. The fourth-order valence-corrected chi connectivity index (χ4v) is 4.52. The molecule has 2 amide bonds. The molecule has 34 heavy (non-hydrogen) atoms. The van der Waals surface area contributed by atoms with Crippen molar-refractivity contribution in [3.8, 4) is 5.69 Å². The summed E-state index contributed by atoms with van der Waals surface area (Å²) in [5.41, 5.74) is 3.05. The number of nitro benzene ring substituents is 1. The molecular formula is C23H16Cl2N4O4S. The van der Waals surface area contributed by atoms with E-state index in [2.05, 4.69) is 5.32 Å². The van der Waals surface area contributed by atoms with E-state index in [1.165, 1.54) is 24.3 Å². The van der Waals surface area contributed by atoms with E-state index >= 15 is 0 Å². The van der Waals surface area contributed by atoms with Crippen molar-refractivity contribution in [2.45, 2.75) is 13.8 Å². The molecule has 0 unspecified atom stereocenters. The fraction of sp³-hybridized carbons (Fsp3) is 0.0870. The quantitative estimate of drug-likeness (QED) is 0.171. The maximum absolute atomic E-state index is 13.3. The molecule has 1 aliphatic rings. The van der Waals surface area contributed by atoms with Crippen molar-refractivity contribution in [1.29, 1.82) is 0 Å². The highest BCUT2D eigenvalue weighted by atomic mass is 35.5. The maximum atomic E-state index is 13.3. The van der Waals surface area contributed by atoms with Crippen molar-refractivity contribution in [3.63, 3.8) is 0 Å². The van der Waals surface area contributed by atoms with Gasteiger partial charge in [-0.2, -0.15) is 0 Å². The summed E-state index contributed by atoms with van der Waals surface area (Å²) in [6.45, 7) is 3.68. The van der Waals surface area contributed by atoms with E-state index in [4.69, 9.17) is 35.4 Å². The van der Waals surface area contributed by atoms with Crippen LogP contribution in [0, 0.1) is 24.0 Å². The second kappa shape index (κ2) is 9.02. The fourth-order valence-electron chi connectivity index (χ4n) is 3.75. The number of hydrogen-bond acceptors (Lipinski definition) is 5. The molecule has 0 bridgehead atoms. The third kappa shape index (κ3) is 4.21. The number of nitrogens with one attached hydrogen (secondary N) is 1. The first-order valence-electron chi connectivity index (χ1n) is 9.88. The average Bonchev–Trinajstić information content (AvgIpc) is 3.05. The van der Waals surface area contributed by atoms with Gasteiger partial charge in [0.15, 0.2) is 5.11 Å². The number of carbonyl (C=O) groups is 2. The summed E-state index contributed by atoms with van der Waals surface area (Å²) in [4.78, 5) is 37.6. The van der Waals surface area contributed by atoms with Gasteiger partial charge in [0.05, 0.1) is 15.6 Å². The Kier molecular flexibility index (Phi) is 6.26. The summed E-state index contributed by atoms with van der Waals surface area (Å²) >= 11 is 17.4. The van der Waals surface area contributed by atoms with Gasteiger partial charge in [-0.25, -0.2) is 0 Å². The number of rotatable bonds is 4. The molecule has 1 aliphatic heterocycles. The lowest BCUT2D eigenvalue weighted by Gasteiger charge is -2.29. The SMILES string of the molecule is Cc1cc(/C=C2\C(=O)NC(=S)N(c3ccc(Cl)cc3Cl)C2=O)c(C)n1-c1ccc([N+](=O)[O-])cc1. The normalized spacial score (nSPS) is 15.1. The molecule has 2 aromatic carbocycles. The largest absolute Gasteiger partial charge is 0.318 e. The predicted octanol–water partition coefficient (Wildman–Crippen LogP) is 5.14. The summed E-state index contributed by atoms with van der Waals surface area (Å²) in [6, 6.07) is 12.5. The van der Waals surface area contributed by atoms with Gasteiger partial charge in [-0.05, 0) is 74.1 Å². The molecule has 172 valence electrons. The summed E-state index contributed by atoms with van der Waals surface area (Å²) in [7, 11) is 0. The molecular weight excluding hydrogens is 499 g/mol. The Morgan fingerprint density at radius 1 is 1.06 bits per heavy atom. The van der Waals surface area contributed by atoms with Crippen LogP contribution in [0.3, 0.4) is 0 Å². The van der Waals surface area contributed by atoms with Crippen LogP contribution in [-0.2, 0) is 9.59 Å². The summed E-state index contributed by atoms with van der Waals surface area (Å²) in [5.74, 6) is -1.26. The summed E-state index contributed by atoms with van der Waals surface area (Å²) in [6.07, 6.45) is 1.49. The van der Waals surface area contributed by atoms with Gasteiger partial charge < -0.3 is 4.57 Å². The van der Waals surface area contributed by atoms with Crippen LogP contribution in [0.15, 0.2) is 54.1 Å². The van der Waals surface area contributed by atoms with Gasteiger partial charge >= 0.3 is 0 Å². The Morgan fingerprint density at radius 2 is 1.74 bits per heavy atom. The van der Waals surface area contributed by atoms with Crippen LogP contribution in [-0.4, -0.2) is 26.4 Å². The molecule has 0 radical (unpaired) electrons. The lowest BCUT2D eigenvalue weighted by molar-refractivity contribution is -0.384. The number of hydrogen-bond donors (Lipinski definition) is 1. The number of aromatic nitrogens is 1. The molecule has 0 spiro atoms. The van der Waals surface area contributed by atoms with Crippen LogP contribution < -0.4 is 10.2 Å². The predicted molar refractivity (Wildman–Crippen MR) is 135 cm³/mol. The number of amides is 2. The number of nitro groups is 1. The van der Waals surface area contributed by atoms with Gasteiger partial charge in [-0.15, -0.1) is 0 Å². The zero-order valence-electron chi connectivity index (χ0n) is 17.8. The van der Waals surface area contributed by atoms with Gasteiger partial charge in [-0.1, -0.05) is 23.2 Å². The monoisotopic (exact) mass is 514 g/mol. The van der Waals surface area contributed by atoms with Gasteiger partial charge in [0.25, 0.3) is 17.5 Å². The highest BCUT2D eigenvalue weighted by Gasteiger charge is 2.35. The number of anilines is 1. The van der Waals surface area contributed by atoms with Crippen molar-refractivity contribution < 1.29 is 14.5 Å². The zero-order chi connectivity index (χ0) is 24.7. The van der Waals surface area contributed by atoms with Crippen LogP contribution in [0.4, 0.5) is 11.4 Å². The molecule has 0 aliphatic carbocycles. The molecule has 2 heterocycles. The van der Waals surface area contributed by atoms with E-state index in [-0.39, 0.29) is 21.4 Å². The lowest BCUT2D eigenvalue weighted by Crippen LogP contribution is -2.54. The molecule has 1 fully saturated rings. The Bertz CT molecular complexity index is 1410. The number of benzene rings is 2. The molecule has 11 heteroatoms. The number of carbonyl (C=O) groups excluding carboxylic acids is 2. The average molecular weight is 515 g/mol. The number of thiocarbonyl (C=S) groups is 1. The first kappa shape index (κ1) is 23.6. The summed E-state index contributed by atoms with van der Waals surface area (Å²) in [5, 5.41) is 14.0. The number of halogens is 2. The van der Waals surface area contributed by atoms with E-state index in [9.17, 15) is 19.7 Å². The molecule has 1 aromatic heterocycles. The van der Waals surface area contributed by atoms with Crippen LogP contribution in [0.5, 0.6) is 0 Å². The van der Waals surface area contributed by atoms with Gasteiger partial charge in [-0.3, -0.25) is 29.9 Å². The molecule has 3 aromatic rings. The minimum Gasteiger partial charge on any atom is -0.318 e. The lowest BCUT2D eigenvalue weighted by atomic mass is 10.1. The van der Waals surface area contributed by atoms with Crippen LogP contribution in [0.2, 0.25) is 10.0 Å². The first-order chi connectivity index (χ1) is 16.1. The third-order valence-corrected chi connectivity index (χ3v) is 6.16. The van der Waals surface area contributed by atoms with E-state index in [0.29, 0.717) is 22.0 Å². The highest BCUT2D eigenvalue weighted by molar-refractivity contribution is 7.80. The van der Waals surface area contributed by atoms with E-state index in [1.807, 2.05) is 24.5 Å². The zero-order valence-corrected chi connectivity index (χ0v) is 20.2. The van der Waals surface area contributed by atoms with Crippen molar-refractivity contribution in [2.75, 3.05) is 4.90 Å². The van der Waals surface area contributed by atoms with Crippen molar-refractivity contribution in [3.05, 3.63) is 91.2 Å². The Hall–Kier alpha value is -3.53. The van der Waals surface area contributed by atoms with Crippen LogP contribution >= 0.6 is 35.4 Å². The van der Waals surface area contributed by atoms with Crippen molar-refractivity contribution in [2.24, 2.45) is 0 Å². The van der Waals surface area contributed by atoms with Crippen molar-refractivity contribution in [1.82, 2.24) is 9.88 Å². The van der Waals surface area contributed by atoms with Gasteiger partial charge in [0.1, 0.15) is 5.57 Å². The molecule has 0 saturated carbocycles. The maximum Gasteiger partial charge on any atom is 0.270 e. The number of aryl methyl sites for hydroxylation is 1. The van der Waals surface area contributed by atoms with E-state index in [0.717, 1.165) is 16.3 Å². The van der Waals surface area contributed by atoms with E-state index < -0.39 is 16.7 Å². The standard InChI is InChI=1S/C23H16Cl2N4O4S/c1-12-9-14(13(2)27(12)16-4-6-17(7-5-16)29(32)33)10-18-21(30)26-23(34)28(22(18)31)20-8-3-15(24)11-19(20)25/h3-11H,1-2H3,(H,26,30,34)/b18-10+. The van der Waals surface area contributed by atoms with Crippen molar-refractivity contribution >= 4 is 69.8 Å². The number of non-ortho nitro benzene ring substituents is 1. The molecule has 1 saturated heterocycles. The van der Waals surface area contributed by atoms with E-state index in [1.54, 1.807) is 24.3 Å². The Balaban J connectivity index is 1.75. The molecule has 0 atom stereocenters. The minimum atomic E-state index is -0.628. The number of nitrogens with zero attached hydrogens (tertiary/aromatic N) is 3. The Morgan fingerprint density at radius 3 is 2.35 bits per heavy atom. The van der Waals surface area contributed by atoms with Gasteiger partial charge in [0.2, 0.25) is 0 Å². The van der Waals surface area contributed by atoms with Crippen LogP contribution in [0.25, 0.3) is 11.8 Å². The van der Waals surface area contributed by atoms with Gasteiger partial charge in [0, 0.05) is 34.2 Å². The molecule has 4 rings (SSSR count). The summed E-state index contributed by atoms with van der Waals surface area (Å²) < 4.78 is 1.87. The molecule has 1 N–H and O–H groups in total. The second-order valence-corrected chi connectivity index (χ2v) is 8.72. The second-order valence-electron chi connectivity index (χ2n) is 7.49. The minimum absolute atomic E-state index is 0.0186. The van der Waals surface area contributed by atoms with Crippen LogP contribution in [0.1, 0.15) is 17.0 Å². The smallest absolute Gasteiger partial charge is 0.270 e. The third-order valence-electron chi connectivity index (χ3n) is 5.34. The Labute approximate surface area is 209 Å². The topological polar surface area (TPSA) is 97.5 Å². The first-order valence-corrected chi connectivity index (χ1v) is 11.0.